The van der Waals surface area contributed by atoms with E-state index in [1.54, 1.807) is 0 Å². The van der Waals surface area contributed by atoms with Crippen LogP contribution in [0.15, 0.2) is 0 Å². The van der Waals surface area contributed by atoms with Crippen LogP contribution in [0.2, 0.25) is 0 Å². The van der Waals surface area contributed by atoms with Crippen LogP contribution in [0.4, 0.5) is 0 Å². The summed E-state index contributed by atoms with van der Waals surface area (Å²) in [5.74, 6) is 0. The Labute approximate surface area is 85.3 Å². The van der Waals surface area contributed by atoms with E-state index in [2.05, 4.69) is 0 Å². The summed E-state index contributed by atoms with van der Waals surface area (Å²) in [4.78, 5) is 0. The molecule has 0 aliphatic carbocycles. The number of rotatable bonds is 0. The summed E-state index contributed by atoms with van der Waals surface area (Å²) in [6.45, 7) is 0. The van der Waals surface area contributed by atoms with Gasteiger partial charge in [-0.15, -0.1) is 0 Å². The molecule has 0 bridgehead atoms. The molecule has 2 radical (unpaired) electrons. The molecule has 0 aromatic rings. The van der Waals surface area contributed by atoms with Gasteiger partial charge >= 0.3 is 0 Å². The second-order valence-electron chi connectivity index (χ2n) is 0. The molecule has 0 aliphatic rings. The molecule has 0 nitrogen and oxygen atoms in total. The van der Waals surface area contributed by atoms with Crippen LogP contribution < -0.4 is 0 Å². The van der Waals surface area contributed by atoms with Crippen molar-refractivity contribution >= 4 is 11.0 Å². The molecule has 0 aromatic carbocycles. The first kappa shape index (κ1) is 49.1. The van der Waals surface area contributed by atoms with Crippen molar-refractivity contribution in [3.8, 4) is 0 Å². The van der Waals surface area contributed by atoms with Crippen LogP contribution in [-0.4, -0.2) is 11.0 Å². The van der Waals surface area contributed by atoms with Crippen molar-refractivity contribution < 1.29 is 75.4 Å². The van der Waals surface area contributed by atoms with Gasteiger partial charge in [-0.1, -0.05) is 0 Å². The van der Waals surface area contributed by atoms with Crippen molar-refractivity contribution in [1.82, 2.24) is 0 Å². The average molecular weight is 328 g/mol. The first-order valence-corrected chi connectivity index (χ1v) is 0. The molecule has 0 spiro atoms. The van der Waals surface area contributed by atoms with Crippen LogP contribution >= 0.6 is 0 Å². The van der Waals surface area contributed by atoms with E-state index in [0.29, 0.717) is 0 Å². The van der Waals surface area contributed by atoms with E-state index >= 15 is 0 Å². The molecule has 0 saturated heterocycles. The zero-order valence-corrected chi connectivity index (χ0v) is 8.01. The van der Waals surface area contributed by atoms with Crippen LogP contribution in [0, 0.1) is 0 Å². The van der Waals surface area contributed by atoms with E-state index in [9.17, 15) is 0 Å². The monoisotopic (exact) mass is 324 g/mol. The topological polar surface area (TPSA) is 0 Å². The first-order valence-electron chi connectivity index (χ1n) is 0. The Hall–Kier alpha value is 2.59. The fourth-order valence-electron chi connectivity index (χ4n) is 0. The Bertz CT molecular complexity index is 11.6. The van der Waals surface area contributed by atoms with Gasteiger partial charge in [0, 0.05) is 75.4 Å². The number of hydrogen-bond acceptors (Lipinski definition) is 0. The maximum atomic E-state index is 0. The Morgan fingerprint density at radius 1 is 1.00 bits per heavy atom. The minimum absolute atomic E-state index is 0. The summed E-state index contributed by atoms with van der Waals surface area (Å²) in [5.41, 5.74) is 0. The van der Waals surface area contributed by atoms with Crippen LogP contribution in [0.3, 0.4) is 0 Å². The normalized spacial score (nSPS) is 0. The third-order valence-electron chi connectivity index (χ3n) is 0. The van der Waals surface area contributed by atoms with Crippen molar-refractivity contribution in [2.75, 3.05) is 0 Å². The van der Waals surface area contributed by atoms with Gasteiger partial charge in [0.25, 0.3) is 0 Å². The summed E-state index contributed by atoms with van der Waals surface area (Å²) < 4.78 is 0. The quantitative estimate of drug-likeness (QED) is 0.477. The zero-order valence-electron chi connectivity index (χ0n) is 1.63. The maximum absolute atomic E-state index is 0. The van der Waals surface area contributed by atoms with Gasteiger partial charge in [0.05, 0.1) is 0 Å². The molecule has 0 saturated carbocycles. The molecule has 0 fully saturated rings. The maximum Gasteiger partial charge on any atom is 0 e. The molecule has 0 unspecified atom stereocenters. The van der Waals surface area contributed by atoms with Crippen molar-refractivity contribution in [3.05, 3.63) is 0 Å². The van der Waals surface area contributed by atoms with Gasteiger partial charge in [-0.05, 0) is 11.0 Å². The molecule has 5 heavy (non-hydrogen) atoms. The Morgan fingerprint density at radius 2 is 1.00 bits per heavy atom. The van der Waals surface area contributed by atoms with E-state index < -0.39 is 0 Å². The molecule has 0 N–H and O–H groups in total. The van der Waals surface area contributed by atoms with E-state index in [4.69, 9.17) is 0 Å². The molecule has 0 atom stereocenters. The predicted molar refractivity (Wildman–Crippen MR) is 11.3 cm³/mol. The summed E-state index contributed by atoms with van der Waals surface area (Å²) in [5, 5.41) is 0. The second kappa shape index (κ2) is 30.7. The molecule has 0 aromatic heterocycles. The molecule has 0 heterocycles. The van der Waals surface area contributed by atoms with Crippen LogP contribution in [0.5, 0.6) is 0 Å². The Kier molecular flexibility index (Phi) is 301. The molecule has 0 amide bonds. The molecular formula is H4AgCuNiSiZn. The van der Waals surface area contributed by atoms with Gasteiger partial charge < -0.3 is 0 Å². The number of hydrogen-bond donors (Lipinski definition) is 0. The van der Waals surface area contributed by atoms with Gasteiger partial charge in [-0.2, -0.15) is 0 Å². The Balaban J connectivity index is 0. The molecule has 0 rings (SSSR count). The van der Waals surface area contributed by atoms with E-state index in [-0.39, 0.29) is 86.4 Å². The molecule has 5 heteroatoms. The summed E-state index contributed by atoms with van der Waals surface area (Å²) >= 11 is 0. The van der Waals surface area contributed by atoms with E-state index in [1.807, 2.05) is 0 Å². The SMILES string of the molecule is [Ag].[Cu].[Ni].[SiH4].[Zn]. The zero-order chi connectivity index (χ0) is 0. The molecular weight excluding hydrogens is 324 g/mol. The van der Waals surface area contributed by atoms with Crippen LogP contribution in [0.1, 0.15) is 0 Å². The third-order valence-corrected chi connectivity index (χ3v) is 0. The average Bonchev–Trinajstić information content (AvgIpc) is 0. The fourth-order valence-corrected chi connectivity index (χ4v) is 0. The summed E-state index contributed by atoms with van der Waals surface area (Å²) in [7, 11) is 0. The van der Waals surface area contributed by atoms with Crippen molar-refractivity contribution in [2.45, 2.75) is 0 Å². The smallest absolute Gasteiger partial charge is 0 e. The van der Waals surface area contributed by atoms with Gasteiger partial charge in [-0.3, -0.25) is 0 Å². The predicted octanol–water partition coefficient (Wildman–Crippen LogP) is -1.46. The minimum Gasteiger partial charge on any atom is -0.0149 e. The summed E-state index contributed by atoms with van der Waals surface area (Å²) in [6, 6.07) is 0. The van der Waals surface area contributed by atoms with Crippen molar-refractivity contribution in [3.63, 3.8) is 0 Å². The van der Waals surface area contributed by atoms with Crippen LogP contribution in [-0.2, 0) is 75.4 Å². The third kappa shape index (κ3) is 20.7. The first-order chi connectivity index (χ1) is 0. The standard InChI is InChI=1S/Ag.Cu.Ni.H4Si.Zn/h;;;1H4;. The Morgan fingerprint density at radius 3 is 1.00 bits per heavy atom. The van der Waals surface area contributed by atoms with Gasteiger partial charge in [0.2, 0.25) is 0 Å². The van der Waals surface area contributed by atoms with Crippen molar-refractivity contribution in [2.24, 2.45) is 0 Å². The van der Waals surface area contributed by atoms with Gasteiger partial charge in [0.15, 0.2) is 0 Å². The van der Waals surface area contributed by atoms with Crippen LogP contribution in [0.25, 0.3) is 0 Å². The molecule has 0 aliphatic heterocycles. The molecule has 42 valence electrons. The summed E-state index contributed by atoms with van der Waals surface area (Å²) in [6.07, 6.45) is 0. The van der Waals surface area contributed by atoms with Gasteiger partial charge in [-0.25, -0.2) is 0 Å². The minimum atomic E-state index is 0. The largest absolute Gasteiger partial charge is 0.0149 e. The second-order valence-corrected chi connectivity index (χ2v) is 0. The van der Waals surface area contributed by atoms with Crippen molar-refractivity contribution in [1.29, 1.82) is 0 Å². The van der Waals surface area contributed by atoms with E-state index in [1.165, 1.54) is 0 Å². The van der Waals surface area contributed by atoms with Gasteiger partial charge in [0.1, 0.15) is 0 Å². The van der Waals surface area contributed by atoms with E-state index in [0.717, 1.165) is 0 Å². The fraction of sp³-hybridized carbons (Fsp3) is 0.